The first-order chi connectivity index (χ1) is 10.1. The van der Waals surface area contributed by atoms with E-state index in [0.717, 1.165) is 35.5 Å². The molecule has 6 atom stereocenters. The minimum atomic E-state index is 0.441. The van der Waals surface area contributed by atoms with E-state index < -0.39 is 0 Å². The average Bonchev–Trinajstić information content (AvgIpc) is 3.20. The number of aryl methyl sites for hydroxylation is 1. The number of nitrogens with two attached hydrogens (primary N) is 1. The zero-order valence-corrected chi connectivity index (χ0v) is 13.5. The van der Waals surface area contributed by atoms with Crippen LogP contribution in [0.5, 0.6) is 0 Å². The molecule has 0 heterocycles. The summed E-state index contributed by atoms with van der Waals surface area (Å²) in [6.45, 7) is 4.84. The highest BCUT2D eigenvalue weighted by Gasteiger charge is 2.56. The van der Waals surface area contributed by atoms with Gasteiger partial charge in [-0.2, -0.15) is 0 Å². The van der Waals surface area contributed by atoms with Crippen molar-refractivity contribution in [3.05, 3.63) is 35.4 Å². The maximum absolute atomic E-state index is 6.80. The Balaban J connectivity index is 1.51. The van der Waals surface area contributed by atoms with Gasteiger partial charge in [0, 0.05) is 6.04 Å². The van der Waals surface area contributed by atoms with Gasteiger partial charge >= 0.3 is 0 Å². The van der Waals surface area contributed by atoms with Crippen LogP contribution in [0.2, 0.25) is 0 Å². The molecule has 2 N–H and O–H groups in total. The Bertz CT molecular complexity index is 512. The molecule has 3 aliphatic rings. The number of hydrogen-bond donors (Lipinski definition) is 1. The summed E-state index contributed by atoms with van der Waals surface area (Å²) in [6.07, 6.45) is 6.78. The molecule has 0 aliphatic heterocycles. The fraction of sp³-hybridized carbons (Fsp3) is 0.700. The fourth-order valence-corrected chi connectivity index (χ4v) is 5.78. The van der Waals surface area contributed by atoms with Crippen LogP contribution in [0.15, 0.2) is 24.3 Å². The van der Waals surface area contributed by atoms with Crippen molar-refractivity contribution in [2.75, 3.05) is 0 Å². The maximum Gasteiger partial charge on any atom is 0.0105 e. The van der Waals surface area contributed by atoms with Crippen LogP contribution < -0.4 is 5.73 Å². The molecule has 0 aromatic heterocycles. The molecular weight excluding hydrogens is 254 g/mol. The Hall–Kier alpha value is -0.820. The fourth-order valence-electron chi connectivity index (χ4n) is 5.78. The minimum absolute atomic E-state index is 0.441. The standard InChI is InChI=1S/C20H29N/c1-12-9-13(2)11-15(10-12)20(21)19-17-8-7-14-5-3-4-6-16(14)18(17)19/h3-6,12-13,15,17-20H,7-11,21H2,1-2H3. The third-order valence-corrected chi connectivity index (χ3v) is 6.59. The molecule has 4 rings (SSSR count). The quantitative estimate of drug-likeness (QED) is 0.857. The summed E-state index contributed by atoms with van der Waals surface area (Å²) in [5.74, 6) is 4.97. The van der Waals surface area contributed by atoms with Crippen molar-refractivity contribution in [3.8, 4) is 0 Å². The van der Waals surface area contributed by atoms with Crippen LogP contribution in [0.4, 0.5) is 0 Å². The molecule has 21 heavy (non-hydrogen) atoms. The molecule has 0 radical (unpaired) electrons. The lowest BCUT2D eigenvalue weighted by molar-refractivity contribution is 0.180. The molecule has 1 nitrogen and oxygen atoms in total. The van der Waals surface area contributed by atoms with Crippen molar-refractivity contribution in [2.24, 2.45) is 35.3 Å². The lowest BCUT2D eigenvalue weighted by Gasteiger charge is -2.35. The first-order valence-electron chi connectivity index (χ1n) is 8.98. The normalized spacial score (nSPS) is 42.8. The summed E-state index contributed by atoms with van der Waals surface area (Å²) in [6, 6.07) is 9.55. The topological polar surface area (TPSA) is 26.0 Å². The van der Waals surface area contributed by atoms with Crippen molar-refractivity contribution >= 4 is 0 Å². The predicted octanol–water partition coefficient (Wildman–Crippen LogP) is 4.36. The van der Waals surface area contributed by atoms with E-state index in [-0.39, 0.29) is 0 Å². The first-order valence-corrected chi connectivity index (χ1v) is 8.98. The highest BCUT2D eigenvalue weighted by atomic mass is 14.8. The molecule has 1 aromatic carbocycles. The van der Waals surface area contributed by atoms with Gasteiger partial charge in [0.25, 0.3) is 0 Å². The van der Waals surface area contributed by atoms with E-state index in [0.29, 0.717) is 6.04 Å². The monoisotopic (exact) mass is 283 g/mol. The lowest BCUT2D eigenvalue weighted by atomic mass is 9.72. The summed E-state index contributed by atoms with van der Waals surface area (Å²) in [4.78, 5) is 0. The van der Waals surface area contributed by atoms with Crippen LogP contribution in [0.25, 0.3) is 0 Å². The van der Waals surface area contributed by atoms with Crippen LogP contribution in [0, 0.1) is 29.6 Å². The lowest BCUT2D eigenvalue weighted by Crippen LogP contribution is -2.37. The van der Waals surface area contributed by atoms with E-state index in [1.54, 1.807) is 11.1 Å². The Labute approximate surface area is 129 Å². The van der Waals surface area contributed by atoms with E-state index in [4.69, 9.17) is 5.73 Å². The molecule has 3 aliphatic carbocycles. The van der Waals surface area contributed by atoms with Gasteiger partial charge in [-0.15, -0.1) is 0 Å². The first kappa shape index (κ1) is 13.8. The van der Waals surface area contributed by atoms with Crippen LogP contribution in [-0.4, -0.2) is 6.04 Å². The van der Waals surface area contributed by atoms with Gasteiger partial charge in [0.05, 0.1) is 0 Å². The zero-order chi connectivity index (χ0) is 14.6. The number of hydrogen-bond acceptors (Lipinski definition) is 1. The molecule has 0 amide bonds. The second kappa shape index (κ2) is 5.12. The molecule has 1 heteroatoms. The summed E-state index contributed by atoms with van der Waals surface area (Å²) in [5.41, 5.74) is 10.0. The molecule has 114 valence electrons. The number of fused-ring (bicyclic) bond motifs is 3. The van der Waals surface area contributed by atoms with Gasteiger partial charge in [-0.1, -0.05) is 38.1 Å². The van der Waals surface area contributed by atoms with Crippen molar-refractivity contribution in [1.82, 2.24) is 0 Å². The average molecular weight is 283 g/mol. The second-order valence-corrected chi connectivity index (χ2v) is 8.26. The maximum atomic E-state index is 6.80. The van der Waals surface area contributed by atoms with Crippen LogP contribution in [0.1, 0.15) is 56.6 Å². The molecule has 1 aromatic rings. The number of rotatable bonds is 2. The van der Waals surface area contributed by atoms with Crippen LogP contribution in [0.3, 0.4) is 0 Å². The van der Waals surface area contributed by atoms with Gasteiger partial charge in [0.2, 0.25) is 0 Å². The summed E-state index contributed by atoms with van der Waals surface area (Å²) < 4.78 is 0. The van der Waals surface area contributed by atoms with E-state index in [2.05, 4.69) is 38.1 Å². The molecule has 2 saturated carbocycles. The van der Waals surface area contributed by atoms with Crippen molar-refractivity contribution in [2.45, 2.75) is 57.9 Å². The molecular formula is C20H29N. The van der Waals surface area contributed by atoms with Gasteiger partial charge in [0.15, 0.2) is 0 Å². The van der Waals surface area contributed by atoms with E-state index in [1.807, 2.05) is 0 Å². The van der Waals surface area contributed by atoms with Crippen molar-refractivity contribution in [1.29, 1.82) is 0 Å². The van der Waals surface area contributed by atoms with Gasteiger partial charge in [-0.05, 0) is 78.7 Å². The van der Waals surface area contributed by atoms with Gasteiger partial charge in [0.1, 0.15) is 0 Å². The molecule has 0 saturated heterocycles. The molecule has 2 fully saturated rings. The predicted molar refractivity (Wildman–Crippen MR) is 88.1 cm³/mol. The van der Waals surface area contributed by atoms with Gasteiger partial charge < -0.3 is 5.73 Å². The smallest absolute Gasteiger partial charge is 0.0105 e. The van der Waals surface area contributed by atoms with Crippen LogP contribution >= 0.6 is 0 Å². The zero-order valence-electron chi connectivity index (χ0n) is 13.5. The van der Waals surface area contributed by atoms with Gasteiger partial charge in [-0.25, -0.2) is 0 Å². The highest BCUT2D eigenvalue weighted by molar-refractivity contribution is 5.40. The van der Waals surface area contributed by atoms with E-state index in [9.17, 15) is 0 Å². The highest BCUT2D eigenvalue weighted by Crippen LogP contribution is 2.62. The summed E-state index contributed by atoms with van der Waals surface area (Å²) >= 11 is 0. The Morgan fingerprint density at radius 2 is 1.76 bits per heavy atom. The third-order valence-electron chi connectivity index (χ3n) is 6.59. The summed E-state index contributed by atoms with van der Waals surface area (Å²) in [7, 11) is 0. The van der Waals surface area contributed by atoms with E-state index >= 15 is 0 Å². The van der Waals surface area contributed by atoms with Gasteiger partial charge in [-0.3, -0.25) is 0 Å². The molecule has 0 bridgehead atoms. The van der Waals surface area contributed by atoms with Crippen molar-refractivity contribution in [3.63, 3.8) is 0 Å². The Morgan fingerprint density at radius 1 is 1.05 bits per heavy atom. The van der Waals surface area contributed by atoms with Crippen molar-refractivity contribution < 1.29 is 0 Å². The van der Waals surface area contributed by atoms with E-state index in [1.165, 1.54) is 32.1 Å². The Morgan fingerprint density at radius 3 is 2.52 bits per heavy atom. The number of benzene rings is 1. The largest absolute Gasteiger partial charge is 0.327 e. The minimum Gasteiger partial charge on any atom is -0.327 e. The Kier molecular flexibility index (Phi) is 3.37. The SMILES string of the molecule is CC1CC(C)CC(C(N)C2C3CCc4ccccc4C32)C1. The molecule has 6 unspecified atom stereocenters. The summed E-state index contributed by atoms with van der Waals surface area (Å²) in [5, 5.41) is 0. The third kappa shape index (κ3) is 2.34. The van der Waals surface area contributed by atoms with Crippen LogP contribution in [-0.2, 0) is 6.42 Å². The second-order valence-electron chi connectivity index (χ2n) is 8.26. The molecule has 0 spiro atoms.